The SMILES string of the molecule is Cc1c(C(F)(F)F)nc2c(c1NC(=O)N=[S@@](N)(=O)c1cnc(C(C)(C)O)s1)CC(C)C2. The first-order chi connectivity index (χ1) is 14.1. The standard InChI is InChI=1S/C18H22F3N5O3S2/c1-8-5-10-11(6-8)24-14(18(19,20)21)9(2)13(10)25-16(27)26-31(22,29)12-7-23-15(30-12)17(3,4)28/h7-8,28H,5-6H2,1-4H3,(H3,22,24,25,26,27,29)/t8?,31-/m1/s1. The third-order valence-electron chi connectivity index (χ3n) is 4.74. The minimum atomic E-state index is -4.70. The van der Waals surface area contributed by atoms with Gasteiger partial charge in [0.15, 0.2) is 9.92 Å². The molecule has 0 spiro atoms. The zero-order chi connectivity index (χ0) is 23.4. The number of nitrogens with two attached hydrogens (primary N) is 1. The zero-order valence-electron chi connectivity index (χ0n) is 17.2. The highest BCUT2D eigenvalue weighted by Crippen LogP contribution is 2.40. The molecule has 1 aliphatic rings. The van der Waals surface area contributed by atoms with Crippen molar-refractivity contribution in [2.45, 2.75) is 56.5 Å². The number of pyridine rings is 1. The second-order valence-corrected chi connectivity index (χ2v) is 11.1. The van der Waals surface area contributed by atoms with Crippen LogP contribution in [0.15, 0.2) is 14.8 Å². The number of amides is 2. The van der Waals surface area contributed by atoms with Crippen LogP contribution in [0.25, 0.3) is 0 Å². The van der Waals surface area contributed by atoms with Crippen molar-refractivity contribution in [1.82, 2.24) is 9.97 Å². The van der Waals surface area contributed by atoms with E-state index in [1.807, 2.05) is 6.92 Å². The molecule has 0 bridgehead atoms. The van der Waals surface area contributed by atoms with E-state index in [1.165, 1.54) is 20.8 Å². The number of nitrogens with one attached hydrogen (secondary N) is 1. The smallest absolute Gasteiger partial charge is 0.383 e. The Balaban J connectivity index is 1.99. The van der Waals surface area contributed by atoms with Gasteiger partial charge in [-0.2, -0.15) is 13.2 Å². The van der Waals surface area contributed by atoms with Crippen molar-refractivity contribution < 1.29 is 27.3 Å². The third-order valence-corrected chi connectivity index (χ3v) is 7.93. The van der Waals surface area contributed by atoms with Gasteiger partial charge in [-0.15, -0.1) is 15.7 Å². The molecular formula is C18H22F3N5O3S2. The number of nitrogens with zero attached hydrogens (tertiary/aromatic N) is 3. The van der Waals surface area contributed by atoms with Gasteiger partial charge < -0.3 is 10.4 Å². The third kappa shape index (κ3) is 4.89. The van der Waals surface area contributed by atoms with E-state index >= 15 is 0 Å². The number of hydrogen-bond donors (Lipinski definition) is 3. The first kappa shape index (κ1) is 23.6. The monoisotopic (exact) mass is 477 g/mol. The first-order valence-corrected chi connectivity index (χ1v) is 11.6. The first-order valence-electron chi connectivity index (χ1n) is 9.23. The number of alkyl halides is 3. The van der Waals surface area contributed by atoms with Crippen LogP contribution in [-0.2, 0) is 34.5 Å². The summed E-state index contributed by atoms with van der Waals surface area (Å²) >= 11 is 0.830. The lowest BCUT2D eigenvalue weighted by atomic mass is 10.0. The minimum absolute atomic E-state index is 0.0351. The number of anilines is 1. The Hall–Kier alpha value is -2.09. The Bertz CT molecular complexity index is 1160. The summed E-state index contributed by atoms with van der Waals surface area (Å²) in [6.45, 7) is 6.04. The molecule has 2 aromatic heterocycles. The molecule has 0 fully saturated rings. The molecule has 0 saturated heterocycles. The lowest BCUT2D eigenvalue weighted by molar-refractivity contribution is -0.141. The number of urea groups is 1. The summed E-state index contributed by atoms with van der Waals surface area (Å²) < 4.78 is 56.5. The van der Waals surface area contributed by atoms with Crippen molar-refractivity contribution in [2.75, 3.05) is 5.32 Å². The lowest BCUT2D eigenvalue weighted by Gasteiger charge is -2.17. The fourth-order valence-corrected chi connectivity index (χ4v) is 5.40. The molecule has 170 valence electrons. The molecule has 0 radical (unpaired) electrons. The van der Waals surface area contributed by atoms with Gasteiger partial charge in [-0.1, -0.05) is 6.92 Å². The van der Waals surface area contributed by atoms with Crippen LogP contribution >= 0.6 is 11.3 Å². The van der Waals surface area contributed by atoms with Crippen molar-refractivity contribution in [3.05, 3.63) is 33.7 Å². The highest BCUT2D eigenvalue weighted by molar-refractivity contribution is 7.93. The van der Waals surface area contributed by atoms with Crippen LogP contribution in [0.4, 0.5) is 23.7 Å². The number of carbonyl (C=O) groups is 1. The van der Waals surface area contributed by atoms with Gasteiger partial charge in [0.1, 0.15) is 20.5 Å². The molecule has 0 aliphatic heterocycles. The Morgan fingerprint density at radius 2 is 2.03 bits per heavy atom. The molecule has 1 unspecified atom stereocenters. The summed E-state index contributed by atoms with van der Waals surface area (Å²) in [7, 11) is -3.73. The summed E-state index contributed by atoms with van der Waals surface area (Å²) in [6, 6.07) is -1.14. The van der Waals surface area contributed by atoms with E-state index in [0.29, 0.717) is 18.4 Å². The van der Waals surface area contributed by atoms with Crippen LogP contribution in [0, 0.1) is 12.8 Å². The molecule has 1 aliphatic carbocycles. The number of fused-ring (bicyclic) bond motifs is 1. The average Bonchev–Trinajstić information content (AvgIpc) is 3.22. The molecule has 0 saturated carbocycles. The maximum atomic E-state index is 13.4. The van der Waals surface area contributed by atoms with Gasteiger partial charge in [-0.3, -0.25) is 0 Å². The summed E-state index contributed by atoms with van der Waals surface area (Å²) in [5.41, 5.74) is -1.89. The van der Waals surface area contributed by atoms with Gasteiger partial charge in [0, 0.05) is 11.3 Å². The maximum Gasteiger partial charge on any atom is 0.433 e. The van der Waals surface area contributed by atoms with Crippen molar-refractivity contribution in [1.29, 1.82) is 0 Å². The van der Waals surface area contributed by atoms with E-state index in [1.54, 1.807) is 0 Å². The normalized spacial score (nSPS) is 18.4. The van der Waals surface area contributed by atoms with Crippen LogP contribution in [0.5, 0.6) is 0 Å². The molecule has 0 aromatic carbocycles. The van der Waals surface area contributed by atoms with Gasteiger partial charge in [-0.25, -0.2) is 24.1 Å². The predicted octanol–water partition coefficient (Wildman–Crippen LogP) is 3.76. The minimum Gasteiger partial charge on any atom is -0.383 e. The van der Waals surface area contributed by atoms with Gasteiger partial charge in [0.05, 0.1) is 11.9 Å². The summed E-state index contributed by atoms with van der Waals surface area (Å²) in [4.78, 5) is 20.2. The molecule has 2 amide bonds. The quantitative estimate of drug-likeness (QED) is 0.620. The zero-order valence-corrected chi connectivity index (χ0v) is 18.8. The molecule has 13 heteroatoms. The van der Waals surface area contributed by atoms with Crippen LogP contribution < -0.4 is 10.5 Å². The van der Waals surface area contributed by atoms with E-state index in [2.05, 4.69) is 19.6 Å². The number of aliphatic hydroxyl groups is 1. The molecule has 3 rings (SSSR count). The lowest BCUT2D eigenvalue weighted by Crippen LogP contribution is -2.20. The van der Waals surface area contributed by atoms with Crippen LogP contribution in [0.1, 0.15) is 48.3 Å². The number of rotatable bonds is 3. The summed E-state index contributed by atoms with van der Waals surface area (Å²) in [6.07, 6.45) is -2.75. The molecule has 2 aromatic rings. The number of aromatic nitrogens is 2. The molecule has 2 heterocycles. The van der Waals surface area contributed by atoms with Gasteiger partial charge in [0.25, 0.3) is 0 Å². The molecular weight excluding hydrogens is 455 g/mol. The number of thiazole rings is 1. The van der Waals surface area contributed by atoms with E-state index < -0.39 is 33.4 Å². The Labute approximate surface area is 181 Å². The van der Waals surface area contributed by atoms with Gasteiger partial charge >= 0.3 is 12.2 Å². The van der Waals surface area contributed by atoms with Crippen molar-refractivity contribution in [3.63, 3.8) is 0 Å². The fraction of sp³-hybridized carbons (Fsp3) is 0.500. The molecule has 31 heavy (non-hydrogen) atoms. The van der Waals surface area contributed by atoms with E-state index in [0.717, 1.165) is 17.5 Å². The van der Waals surface area contributed by atoms with E-state index in [9.17, 15) is 27.3 Å². The van der Waals surface area contributed by atoms with E-state index in [4.69, 9.17) is 5.14 Å². The molecule has 4 N–H and O–H groups in total. The number of hydrogen-bond acceptors (Lipinski definition) is 6. The Kier molecular flexibility index (Phi) is 5.93. The summed E-state index contributed by atoms with van der Waals surface area (Å²) in [5, 5.41) is 18.3. The number of carbonyl (C=O) groups excluding carboxylic acids is 1. The Morgan fingerprint density at radius 3 is 2.58 bits per heavy atom. The largest absolute Gasteiger partial charge is 0.433 e. The van der Waals surface area contributed by atoms with Crippen LogP contribution in [0.3, 0.4) is 0 Å². The van der Waals surface area contributed by atoms with Gasteiger partial charge in [0.2, 0.25) is 0 Å². The predicted molar refractivity (Wildman–Crippen MR) is 110 cm³/mol. The molecule has 2 atom stereocenters. The van der Waals surface area contributed by atoms with Crippen molar-refractivity contribution in [2.24, 2.45) is 15.4 Å². The maximum absolute atomic E-state index is 13.4. The van der Waals surface area contributed by atoms with Crippen LogP contribution in [0.2, 0.25) is 0 Å². The highest BCUT2D eigenvalue weighted by Gasteiger charge is 2.38. The molecule has 8 nitrogen and oxygen atoms in total. The average molecular weight is 478 g/mol. The number of halogens is 3. The topological polar surface area (TPSA) is 131 Å². The van der Waals surface area contributed by atoms with Crippen molar-refractivity contribution >= 4 is 33.0 Å². The van der Waals surface area contributed by atoms with Gasteiger partial charge in [-0.05, 0) is 45.1 Å². The Morgan fingerprint density at radius 1 is 1.39 bits per heavy atom. The van der Waals surface area contributed by atoms with Crippen molar-refractivity contribution in [3.8, 4) is 0 Å². The highest BCUT2D eigenvalue weighted by atomic mass is 32.2. The summed E-state index contributed by atoms with van der Waals surface area (Å²) in [5.74, 6) is 0.0640. The second kappa shape index (κ2) is 7.80. The second-order valence-electron chi connectivity index (χ2n) is 8.03. The fourth-order valence-electron chi connectivity index (χ4n) is 3.34. The van der Waals surface area contributed by atoms with E-state index in [-0.39, 0.29) is 32.1 Å². The van der Waals surface area contributed by atoms with Crippen LogP contribution in [-0.4, -0.2) is 25.3 Å².